The molecule has 6 nitrogen and oxygen atoms in total. The van der Waals surface area contributed by atoms with E-state index in [-0.39, 0.29) is 13.1 Å². The number of carbonyl (C=O) groups excluding carboxylic acids is 1. The third kappa shape index (κ3) is 2.94. The summed E-state index contributed by atoms with van der Waals surface area (Å²) in [5, 5.41) is 8.42. The number of aromatic amines is 1. The highest BCUT2D eigenvalue weighted by Crippen LogP contribution is 1.96. The summed E-state index contributed by atoms with van der Waals surface area (Å²) in [6.45, 7) is -0.0711. The molecule has 0 bridgehead atoms. The van der Waals surface area contributed by atoms with Crippen LogP contribution in [0.25, 0.3) is 0 Å². The minimum Gasteiger partial charge on any atom is -0.480 e. The lowest BCUT2D eigenvalue weighted by atomic mass is 10.4. The van der Waals surface area contributed by atoms with E-state index >= 15 is 0 Å². The minimum atomic E-state index is -1.04. The Bertz CT molecular complexity index is 283. The van der Waals surface area contributed by atoms with E-state index in [2.05, 4.69) is 9.97 Å². The molecule has 0 aromatic carbocycles. The smallest absolute Gasteiger partial charge is 0.323 e. The van der Waals surface area contributed by atoms with Crippen molar-refractivity contribution in [3.8, 4) is 0 Å². The van der Waals surface area contributed by atoms with E-state index in [1.807, 2.05) is 0 Å². The van der Waals surface area contributed by atoms with Crippen molar-refractivity contribution in [2.45, 2.75) is 6.54 Å². The molecule has 0 saturated carbocycles. The fraction of sp³-hybridized carbons (Fsp3) is 0.286. The predicted molar refractivity (Wildman–Crippen MR) is 42.7 cm³/mol. The second kappa shape index (κ2) is 4.24. The predicted octanol–water partition coefficient (Wildman–Crippen LogP) is -0.547. The van der Waals surface area contributed by atoms with Crippen molar-refractivity contribution in [2.24, 2.45) is 0 Å². The molecule has 0 spiro atoms. The molecule has 0 atom stereocenters. The molecular formula is C7H9N3O3. The topological polar surface area (TPSA) is 86.3 Å². The molecule has 0 aliphatic rings. The van der Waals surface area contributed by atoms with Gasteiger partial charge in [-0.2, -0.15) is 0 Å². The van der Waals surface area contributed by atoms with Gasteiger partial charge in [-0.3, -0.25) is 9.59 Å². The van der Waals surface area contributed by atoms with Crippen LogP contribution in [0.4, 0.5) is 0 Å². The molecule has 0 unspecified atom stereocenters. The van der Waals surface area contributed by atoms with Gasteiger partial charge in [0, 0.05) is 6.20 Å². The summed E-state index contributed by atoms with van der Waals surface area (Å²) in [6.07, 6.45) is 3.51. The highest BCUT2D eigenvalue weighted by Gasteiger charge is 2.07. The molecule has 0 aliphatic heterocycles. The number of carboxylic acid groups (broad SMARTS) is 1. The van der Waals surface area contributed by atoms with Gasteiger partial charge in [-0.1, -0.05) is 0 Å². The standard InChI is InChI=1S/C7H9N3O3/c11-5-10(3-7(12)13)2-6-1-8-4-9-6/h1,4-5H,2-3H2,(H,8,9)(H,12,13). The van der Waals surface area contributed by atoms with E-state index < -0.39 is 5.97 Å². The Morgan fingerprint density at radius 3 is 3.00 bits per heavy atom. The molecule has 1 heterocycles. The lowest BCUT2D eigenvalue weighted by Crippen LogP contribution is -2.27. The summed E-state index contributed by atoms with van der Waals surface area (Å²) in [6, 6.07) is 0. The number of hydrogen-bond acceptors (Lipinski definition) is 3. The van der Waals surface area contributed by atoms with E-state index in [0.717, 1.165) is 4.90 Å². The fourth-order valence-corrected chi connectivity index (χ4v) is 0.894. The van der Waals surface area contributed by atoms with Gasteiger partial charge in [0.05, 0.1) is 18.6 Å². The van der Waals surface area contributed by atoms with E-state index in [4.69, 9.17) is 5.11 Å². The van der Waals surface area contributed by atoms with Crippen LogP contribution in [-0.2, 0) is 16.1 Å². The number of nitrogens with one attached hydrogen (secondary N) is 1. The summed E-state index contributed by atoms with van der Waals surface area (Å²) >= 11 is 0. The lowest BCUT2D eigenvalue weighted by Gasteiger charge is -2.12. The zero-order chi connectivity index (χ0) is 9.68. The Kier molecular flexibility index (Phi) is 3.02. The van der Waals surface area contributed by atoms with Gasteiger partial charge in [0.15, 0.2) is 0 Å². The van der Waals surface area contributed by atoms with Gasteiger partial charge in [-0.05, 0) is 0 Å². The molecule has 0 saturated heterocycles. The van der Waals surface area contributed by atoms with Gasteiger partial charge in [0.25, 0.3) is 0 Å². The number of hydrogen-bond donors (Lipinski definition) is 2. The van der Waals surface area contributed by atoms with Crippen molar-refractivity contribution in [1.82, 2.24) is 14.9 Å². The molecule has 1 amide bonds. The van der Waals surface area contributed by atoms with E-state index in [0.29, 0.717) is 12.1 Å². The quantitative estimate of drug-likeness (QED) is 0.600. The molecule has 1 aromatic heterocycles. The number of amides is 1. The number of rotatable bonds is 5. The van der Waals surface area contributed by atoms with E-state index in [9.17, 15) is 9.59 Å². The van der Waals surface area contributed by atoms with Crippen molar-refractivity contribution >= 4 is 12.4 Å². The highest BCUT2D eigenvalue weighted by atomic mass is 16.4. The first kappa shape index (κ1) is 9.24. The van der Waals surface area contributed by atoms with Crippen molar-refractivity contribution in [3.63, 3.8) is 0 Å². The Labute approximate surface area is 74.2 Å². The van der Waals surface area contributed by atoms with Crippen LogP contribution in [0.1, 0.15) is 5.69 Å². The maximum absolute atomic E-state index is 10.4. The van der Waals surface area contributed by atoms with Crippen LogP contribution in [-0.4, -0.2) is 38.9 Å². The average molecular weight is 183 g/mol. The monoisotopic (exact) mass is 183 g/mol. The Morgan fingerprint density at radius 2 is 2.54 bits per heavy atom. The molecular weight excluding hydrogens is 174 g/mol. The highest BCUT2D eigenvalue weighted by molar-refractivity contribution is 5.71. The number of carboxylic acids is 1. The van der Waals surface area contributed by atoms with Crippen LogP contribution < -0.4 is 0 Å². The fourth-order valence-electron chi connectivity index (χ4n) is 0.894. The second-order valence-electron chi connectivity index (χ2n) is 2.48. The Morgan fingerprint density at radius 1 is 1.77 bits per heavy atom. The second-order valence-corrected chi connectivity index (χ2v) is 2.48. The van der Waals surface area contributed by atoms with Gasteiger partial charge < -0.3 is 15.0 Å². The Hall–Kier alpha value is -1.85. The number of imidazole rings is 1. The molecule has 70 valence electrons. The molecule has 13 heavy (non-hydrogen) atoms. The van der Waals surface area contributed by atoms with Crippen LogP contribution >= 0.6 is 0 Å². The summed E-state index contributed by atoms with van der Waals surface area (Å²) in [5.41, 5.74) is 0.702. The summed E-state index contributed by atoms with van der Waals surface area (Å²) in [5.74, 6) is -1.04. The molecule has 1 rings (SSSR count). The van der Waals surface area contributed by atoms with Crippen LogP contribution in [0.5, 0.6) is 0 Å². The van der Waals surface area contributed by atoms with Crippen LogP contribution in [0.2, 0.25) is 0 Å². The van der Waals surface area contributed by atoms with Crippen LogP contribution in [0.15, 0.2) is 12.5 Å². The van der Waals surface area contributed by atoms with E-state index in [1.54, 1.807) is 6.20 Å². The summed E-state index contributed by atoms with van der Waals surface area (Å²) in [4.78, 5) is 28.3. The van der Waals surface area contributed by atoms with Gasteiger partial charge in [-0.15, -0.1) is 0 Å². The number of aromatic nitrogens is 2. The third-order valence-electron chi connectivity index (χ3n) is 1.42. The summed E-state index contributed by atoms with van der Waals surface area (Å²) < 4.78 is 0. The lowest BCUT2D eigenvalue weighted by molar-refractivity contribution is -0.141. The zero-order valence-corrected chi connectivity index (χ0v) is 6.80. The number of carbonyl (C=O) groups is 2. The summed E-state index contributed by atoms with van der Waals surface area (Å²) in [7, 11) is 0. The first-order chi connectivity index (χ1) is 6.22. The number of H-pyrrole nitrogens is 1. The van der Waals surface area contributed by atoms with Crippen LogP contribution in [0, 0.1) is 0 Å². The van der Waals surface area contributed by atoms with Crippen molar-refractivity contribution in [2.75, 3.05) is 6.54 Å². The van der Waals surface area contributed by atoms with Gasteiger partial charge in [0.2, 0.25) is 6.41 Å². The molecule has 0 aliphatic carbocycles. The van der Waals surface area contributed by atoms with E-state index in [1.165, 1.54) is 6.33 Å². The largest absolute Gasteiger partial charge is 0.480 e. The first-order valence-corrected chi connectivity index (χ1v) is 3.60. The third-order valence-corrected chi connectivity index (χ3v) is 1.42. The minimum absolute atomic E-state index is 0.232. The molecule has 0 radical (unpaired) electrons. The SMILES string of the molecule is O=CN(CC(=O)O)Cc1cnc[nH]1. The maximum atomic E-state index is 10.4. The average Bonchev–Trinajstić information content (AvgIpc) is 2.55. The molecule has 1 aromatic rings. The molecule has 6 heteroatoms. The maximum Gasteiger partial charge on any atom is 0.323 e. The normalized spacial score (nSPS) is 9.54. The zero-order valence-electron chi connectivity index (χ0n) is 6.80. The molecule has 0 fully saturated rings. The number of nitrogens with zero attached hydrogens (tertiary/aromatic N) is 2. The van der Waals surface area contributed by atoms with Gasteiger partial charge in [0.1, 0.15) is 6.54 Å². The number of aliphatic carboxylic acids is 1. The van der Waals surface area contributed by atoms with Gasteiger partial charge >= 0.3 is 5.97 Å². The Balaban J connectivity index is 2.49. The van der Waals surface area contributed by atoms with Crippen molar-refractivity contribution < 1.29 is 14.7 Å². The molecule has 2 N–H and O–H groups in total. The van der Waals surface area contributed by atoms with Crippen molar-refractivity contribution in [1.29, 1.82) is 0 Å². The van der Waals surface area contributed by atoms with Crippen LogP contribution in [0.3, 0.4) is 0 Å². The van der Waals surface area contributed by atoms with Gasteiger partial charge in [-0.25, -0.2) is 4.98 Å². The first-order valence-electron chi connectivity index (χ1n) is 3.60. The van der Waals surface area contributed by atoms with Crippen molar-refractivity contribution in [3.05, 3.63) is 18.2 Å².